The van der Waals surface area contributed by atoms with Crippen LogP contribution in [0.1, 0.15) is 5.56 Å². The Balaban J connectivity index is 0.000000212. The fourth-order valence-electron chi connectivity index (χ4n) is 3.32. The molecule has 3 aromatic carbocycles. The van der Waals surface area contributed by atoms with Crippen LogP contribution in [0.25, 0.3) is 33.6 Å². The van der Waals surface area contributed by atoms with E-state index in [0.717, 1.165) is 40.1 Å². The Morgan fingerprint density at radius 3 is 2.21 bits per heavy atom. The van der Waals surface area contributed by atoms with Crippen LogP contribution in [-0.2, 0) is 20.1 Å². The summed E-state index contributed by atoms with van der Waals surface area (Å²) in [6.45, 7) is 1.92. The zero-order chi connectivity index (χ0) is 23.0. The number of hydrogen-bond acceptors (Lipinski definition) is 2. The van der Waals surface area contributed by atoms with Gasteiger partial charge in [-0.1, -0.05) is 54.1 Å². The van der Waals surface area contributed by atoms with Gasteiger partial charge in [-0.3, -0.25) is 4.39 Å². The number of nitrogens with zero attached hydrogens (tertiary/aromatic N) is 2. The maximum Gasteiger partial charge on any atom is 0.0407 e. The van der Waals surface area contributed by atoms with E-state index in [9.17, 15) is 8.78 Å². The third kappa shape index (κ3) is 6.28. The monoisotopic (exact) mass is 627 g/mol. The van der Waals surface area contributed by atoms with Crippen LogP contribution in [0.15, 0.2) is 103 Å². The number of rotatable bonds is 3. The molecule has 34 heavy (non-hydrogen) atoms. The summed E-state index contributed by atoms with van der Waals surface area (Å²) in [5, 5.41) is 0. The van der Waals surface area contributed by atoms with Gasteiger partial charge in [-0.15, -0.1) is 54.1 Å². The Kier molecular flexibility index (Phi) is 8.92. The third-order valence-electron chi connectivity index (χ3n) is 4.96. The van der Waals surface area contributed by atoms with E-state index in [-0.39, 0.29) is 25.7 Å². The molecule has 0 N–H and O–H groups in total. The first-order chi connectivity index (χ1) is 16.1. The van der Waals surface area contributed by atoms with Crippen LogP contribution in [-0.4, -0.2) is 9.97 Å². The minimum absolute atomic E-state index is 0. The zero-order valence-corrected chi connectivity index (χ0v) is 20.7. The van der Waals surface area contributed by atoms with Gasteiger partial charge in [0.25, 0.3) is 0 Å². The van der Waals surface area contributed by atoms with Gasteiger partial charge in [0, 0.05) is 49.7 Å². The molecule has 5 rings (SSSR count). The number of pyridine rings is 2. The molecule has 171 valence electrons. The molecule has 0 atom stereocenters. The van der Waals surface area contributed by atoms with Crippen molar-refractivity contribution < 1.29 is 28.9 Å². The van der Waals surface area contributed by atoms with Crippen LogP contribution in [0.3, 0.4) is 0 Å². The fourth-order valence-corrected chi connectivity index (χ4v) is 3.32. The molecule has 0 unspecified atom stereocenters. The van der Waals surface area contributed by atoms with Crippen molar-refractivity contribution in [1.82, 2.24) is 9.97 Å². The molecule has 0 aliphatic heterocycles. The summed E-state index contributed by atoms with van der Waals surface area (Å²) in [4.78, 5) is 8.47. The van der Waals surface area contributed by atoms with Crippen molar-refractivity contribution in [1.29, 1.82) is 0 Å². The van der Waals surface area contributed by atoms with Crippen molar-refractivity contribution in [3.63, 3.8) is 0 Å². The molecule has 0 saturated carbocycles. The summed E-state index contributed by atoms with van der Waals surface area (Å²) < 4.78 is 27.0. The van der Waals surface area contributed by atoms with E-state index in [0.29, 0.717) is 5.69 Å². The molecule has 0 aliphatic carbocycles. The molecule has 0 saturated heterocycles. The van der Waals surface area contributed by atoms with Gasteiger partial charge < -0.3 is 9.97 Å². The second-order valence-electron chi connectivity index (χ2n) is 7.27. The molecule has 2 nitrogen and oxygen atoms in total. The summed E-state index contributed by atoms with van der Waals surface area (Å²) in [5.74, 6) is -1.13. The van der Waals surface area contributed by atoms with E-state index in [2.05, 4.69) is 22.1 Å². The number of halogens is 2. The van der Waals surface area contributed by atoms with E-state index in [1.165, 1.54) is 0 Å². The second-order valence-corrected chi connectivity index (χ2v) is 7.27. The SMILES string of the molecule is Cc1cc(-c2[c-]c(F)ccc2F)ncc1-c1ccccc1.[Ir].[c-]1ccccc1-c1ccccn1. The Morgan fingerprint density at radius 1 is 0.765 bits per heavy atom. The molecular formula is C29H20F2IrN2-2. The summed E-state index contributed by atoms with van der Waals surface area (Å²) in [6.07, 6.45) is 3.47. The molecule has 5 heteroatoms. The number of aryl methyl sites for hydroxylation is 1. The van der Waals surface area contributed by atoms with Crippen molar-refractivity contribution >= 4 is 0 Å². The number of aromatic nitrogens is 2. The largest absolute Gasteiger partial charge is 0.305 e. The predicted octanol–water partition coefficient (Wildman–Crippen LogP) is 7.35. The Bertz CT molecular complexity index is 1290. The van der Waals surface area contributed by atoms with Gasteiger partial charge in [0.1, 0.15) is 0 Å². The smallest absolute Gasteiger partial charge is 0.0407 e. The molecule has 5 aromatic rings. The van der Waals surface area contributed by atoms with Crippen LogP contribution in [0.5, 0.6) is 0 Å². The minimum Gasteiger partial charge on any atom is -0.305 e. The Labute approximate surface area is 211 Å². The van der Waals surface area contributed by atoms with E-state index in [1.54, 1.807) is 18.5 Å². The van der Waals surface area contributed by atoms with Crippen LogP contribution < -0.4 is 0 Å². The number of hydrogen-bond donors (Lipinski definition) is 0. The first-order valence-electron chi connectivity index (χ1n) is 10.4. The molecule has 0 fully saturated rings. The topological polar surface area (TPSA) is 25.8 Å². The molecule has 0 amide bonds. The average Bonchev–Trinajstić information content (AvgIpc) is 2.87. The van der Waals surface area contributed by atoms with Crippen LogP contribution in [0.4, 0.5) is 8.78 Å². The van der Waals surface area contributed by atoms with E-state index in [1.807, 2.05) is 79.7 Å². The van der Waals surface area contributed by atoms with Gasteiger partial charge in [0.15, 0.2) is 0 Å². The maximum absolute atomic E-state index is 13.8. The van der Waals surface area contributed by atoms with E-state index < -0.39 is 11.6 Å². The van der Waals surface area contributed by atoms with Gasteiger partial charge in [-0.2, -0.15) is 0 Å². The minimum atomic E-state index is -0.599. The predicted molar refractivity (Wildman–Crippen MR) is 127 cm³/mol. The van der Waals surface area contributed by atoms with Gasteiger partial charge >= 0.3 is 0 Å². The van der Waals surface area contributed by atoms with Crippen molar-refractivity contribution in [2.24, 2.45) is 0 Å². The first-order valence-corrected chi connectivity index (χ1v) is 10.4. The van der Waals surface area contributed by atoms with Gasteiger partial charge in [0.2, 0.25) is 0 Å². The molecule has 0 bridgehead atoms. The van der Waals surface area contributed by atoms with E-state index >= 15 is 0 Å². The zero-order valence-electron chi connectivity index (χ0n) is 18.3. The molecule has 0 aliphatic rings. The Hall–Kier alpha value is -3.53. The normalized spacial score (nSPS) is 9.97. The first kappa shape index (κ1) is 25.1. The maximum atomic E-state index is 13.8. The standard InChI is InChI=1S/C18H12F2N.C11H8N.Ir/c1-12-9-18(15-10-14(19)7-8-17(15)20)21-11-16(12)13-5-3-2-4-6-13;1-2-6-10(7-3-1)11-8-4-5-9-12-11;/h2-9,11H,1H3;1-6,8-9H;/q2*-1;. The van der Waals surface area contributed by atoms with Crippen LogP contribution in [0.2, 0.25) is 0 Å². The van der Waals surface area contributed by atoms with Gasteiger partial charge in [-0.05, 0) is 35.5 Å². The van der Waals surface area contributed by atoms with Crippen molar-refractivity contribution in [2.45, 2.75) is 6.92 Å². The summed E-state index contributed by atoms with van der Waals surface area (Å²) in [6, 6.07) is 32.9. The van der Waals surface area contributed by atoms with Gasteiger partial charge in [0.05, 0.1) is 0 Å². The summed E-state index contributed by atoms with van der Waals surface area (Å²) in [5.41, 5.74) is 5.40. The second kappa shape index (κ2) is 12.1. The van der Waals surface area contributed by atoms with E-state index in [4.69, 9.17) is 0 Å². The van der Waals surface area contributed by atoms with Crippen molar-refractivity contribution in [2.75, 3.05) is 0 Å². The third-order valence-corrected chi connectivity index (χ3v) is 4.96. The quantitative estimate of drug-likeness (QED) is 0.196. The molecule has 2 aromatic heterocycles. The Morgan fingerprint density at radius 2 is 1.53 bits per heavy atom. The molecule has 2 heterocycles. The fraction of sp³-hybridized carbons (Fsp3) is 0.0345. The molecule has 1 radical (unpaired) electrons. The van der Waals surface area contributed by atoms with Crippen molar-refractivity contribution in [3.05, 3.63) is 133 Å². The average molecular weight is 627 g/mol. The van der Waals surface area contributed by atoms with Crippen LogP contribution >= 0.6 is 0 Å². The van der Waals surface area contributed by atoms with Crippen LogP contribution in [0, 0.1) is 30.7 Å². The summed E-state index contributed by atoms with van der Waals surface area (Å²) in [7, 11) is 0. The van der Waals surface area contributed by atoms with Crippen molar-refractivity contribution in [3.8, 4) is 33.6 Å². The number of benzene rings is 3. The molecule has 0 spiro atoms. The van der Waals surface area contributed by atoms with Gasteiger partial charge in [-0.25, -0.2) is 4.39 Å². The summed E-state index contributed by atoms with van der Waals surface area (Å²) >= 11 is 0. The molecular weight excluding hydrogens is 607 g/mol.